The minimum Gasteiger partial charge on any atom is -0.393 e. The highest BCUT2D eigenvalue weighted by atomic mass is 31.2. The molecule has 118 valence electrons. The normalized spacial score (nSPS) is 22.5. The van der Waals surface area contributed by atoms with Gasteiger partial charge in [0.05, 0.1) is 12.7 Å². The Morgan fingerprint density at radius 3 is 2.67 bits per heavy atom. The first-order valence-corrected chi connectivity index (χ1v) is 7.81. The van der Waals surface area contributed by atoms with E-state index in [9.17, 15) is 19.3 Å². The molecule has 2 heterocycles. The van der Waals surface area contributed by atoms with Crippen LogP contribution in [0, 0.1) is 6.92 Å². The van der Waals surface area contributed by atoms with Crippen LogP contribution in [-0.4, -0.2) is 43.2 Å². The molecule has 0 aliphatic carbocycles. The lowest BCUT2D eigenvalue weighted by atomic mass is 10.3. The van der Waals surface area contributed by atoms with E-state index in [4.69, 9.17) is 14.5 Å². The molecular weight excluding hydrogens is 307 g/mol. The van der Waals surface area contributed by atoms with Gasteiger partial charge in [0.2, 0.25) is 6.35 Å². The minimum absolute atomic E-state index is 0.0542. The maximum absolute atomic E-state index is 12.1. The Bertz CT molecular complexity index is 689. The van der Waals surface area contributed by atoms with Crippen molar-refractivity contribution in [3.63, 3.8) is 0 Å². The third kappa shape index (κ3) is 3.60. The second-order valence-electron chi connectivity index (χ2n) is 4.70. The molecule has 1 saturated heterocycles. The molecule has 0 saturated carbocycles. The standard InChI is InChI=1S/C10H15N2O8P/c1-6-3-11(8-2-7(13)4-19-8)10(15)12(9(6)14)20-5-21(16,17)18/h3,7-8,13H,2,4-5H2,1H3,(H2,16,17,18)/t7-,8?/m0/s1. The van der Waals surface area contributed by atoms with Crippen molar-refractivity contribution in [2.24, 2.45) is 0 Å². The largest absolute Gasteiger partial charge is 0.393 e. The zero-order valence-electron chi connectivity index (χ0n) is 11.1. The average Bonchev–Trinajstić information content (AvgIpc) is 2.79. The lowest BCUT2D eigenvalue weighted by Crippen LogP contribution is -2.45. The SMILES string of the molecule is Cc1cn(C2C[C@H](O)CO2)c(=O)n(OCP(=O)(O)O)c1=O. The smallest absolute Gasteiger partial charge is 0.366 e. The van der Waals surface area contributed by atoms with Crippen LogP contribution in [0.3, 0.4) is 0 Å². The third-order valence-corrected chi connectivity index (χ3v) is 3.32. The molecule has 1 aliphatic heterocycles. The van der Waals surface area contributed by atoms with Crippen molar-refractivity contribution in [1.29, 1.82) is 0 Å². The van der Waals surface area contributed by atoms with Gasteiger partial charge in [0.15, 0.2) is 0 Å². The first kappa shape index (κ1) is 15.9. The molecular formula is C10H15N2O8P. The van der Waals surface area contributed by atoms with Crippen LogP contribution in [0.4, 0.5) is 0 Å². The van der Waals surface area contributed by atoms with Gasteiger partial charge in [-0.2, -0.15) is 0 Å². The molecule has 1 unspecified atom stereocenters. The Kier molecular flexibility index (Phi) is 4.35. The van der Waals surface area contributed by atoms with E-state index < -0.39 is 37.5 Å². The number of aromatic nitrogens is 2. The second-order valence-corrected chi connectivity index (χ2v) is 6.29. The van der Waals surface area contributed by atoms with Crippen LogP contribution in [0.15, 0.2) is 15.8 Å². The molecule has 0 radical (unpaired) electrons. The van der Waals surface area contributed by atoms with Crippen molar-refractivity contribution >= 4 is 7.60 Å². The summed E-state index contributed by atoms with van der Waals surface area (Å²) < 4.78 is 17.3. The Labute approximate surface area is 118 Å². The van der Waals surface area contributed by atoms with Crippen molar-refractivity contribution in [1.82, 2.24) is 9.30 Å². The molecule has 1 aromatic heterocycles. The quantitative estimate of drug-likeness (QED) is 0.549. The van der Waals surface area contributed by atoms with Crippen molar-refractivity contribution < 1.29 is 29.0 Å². The van der Waals surface area contributed by atoms with Gasteiger partial charge in [-0.15, -0.1) is 0 Å². The highest BCUT2D eigenvalue weighted by Crippen LogP contribution is 2.32. The van der Waals surface area contributed by atoms with Crippen molar-refractivity contribution in [2.45, 2.75) is 25.7 Å². The summed E-state index contributed by atoms with van der Waals surface area (Å²) >= 11 is 0. The lowest BCUT2D eigenvalue weighted by Gasteiger charge is -2.16. The topological polar surface area (TPSA) is 140 Å². The van der Waals surface area contributed by atoms with Gasteiger partial charge in [0.25, 0.3) is 5.56 Å². The number of hydrogen-bond donors (Lipinski definition) is 3. The monoisotopic (exact) mass is 322 g/mol. The van der Waals surface area contributed by atoms with Gasteiger partial charge < -0.3 is 24.5 Å². The fourth-order valence-electron chi connectivity index (χ4n) is 1.91. The third-order valence-electron chi connectivity index (χ3n) is 2.87. The van der Waals surface area contributed by atoms with Crippen molar-refractivity contribution in [3.05, 3.63) is 32.6 Å². The molecule has 0 amide bonds. The van der Waals surface area contributed by atoms with E-state index >= 15 is 0 Å². The van der Waals surface area contributed by atoms with E-state index in [2.05, 4.69) is 4.84 Å². The van der Waals surface area contributed by atoms with Crippen molar-refractivity contribution in [3.8, 4) is 0 Å². The zero-order chi connectivity index (χ0) is 15.8. The Balaban J connectivity index is 2.41. The Morgan fingerprint density at radius 1 is 1.48 bits per heavy atom. The van der Waals surface area contributed by atoms with Gasteiger partial charge in [-0.3, -0.25) is 13.9 Å². The van der Waals surface area contributed by atoms with Crippen molar-refractivity contribution in [2.75, 3.05) is 13.0 Å². The lowest BCUT2D eigenvalue weighted by molar-refractivity contribution is 0.0340. The molecule has 1 aromatic rings. The summed E-state index contributed by atoms with van der Waals surface area (Å²) in [6, 6.07) is 0. The number of nitrogens with zero attached hydrogens (tertiary/aromatic N) is 2. The first-order chi connectivity index (χ1) is 9.69. The molecule has 0 bridgehead atoms. The van der Waals surface area contributed by atoms with Gasteiger partial charge in [-0.05, 0) is 6.92 Å². The number of aliphatic hydroxyl groups excluding tert-OH is 1. The molecule has 1 aliphatic rings. The van der Waals surface area contributed by atoms with Crippen LogP contribution >= 0.6 is 7.60 Å². The number of aryl methyl sites for hydroxylation is 1. The summed E-state index contributed by atoms with van der Waals surface area (Å²) in [6.07, 6.45) is -1.17. The van der Waals surface area contributed by atoms with Gasteiger partial charge in [0.1, 0.15) is 6.23 Å². The number of rotatable bonds is 4. The molecule has 0 aromatic carbocycles. The van der Waals surface area contributed by atoms with E-state index in [-0.39, 0.29) is 23.3 Å². The maximum Gasteiger partial charge on any atom is 0.366 e. The van der Waals surface area contributed by atoms with Gasteiger partial charge in [-0.1, -0.05) is 4.73 Å². The zero-order valence-corrected chi connectivity index (χ0v) is 12.0. The Hall–Kier alpha value is -1.45. The minimum atomic E-state index is -4.54. The summed E-state index contributed by atoms with van der Waals surface area (Å²) in [5.74, 6) is 0. The van der Waals surface area contributed by atoms with Crippen LogP contribution in [0.5, 0.6) is 0 Å². The molecule has 2 rings (SSSR count). The highest BCUT2D eigenvalue weighted by molar-refractivity contribution is 7.51. The maximum atomic E-state index is 12.1. The average molecular weight is 322 g/mol. The fraction of sp³-hybridized carbons (Fsp3) is 0.600. The van der Waals surface area contributed by atoms with Crippen LogP contribution in [0.1, 0.15) is 18.2 Å². The molecule has 1 fully saturated rings. The number of aliphatic hydroxyl groups is 1. The van der Waals surface area contributed by atoms with Crippen LogP contribution in [0.2, 0.25) is 0 Å². The Morgan fingerprint density at radius 2 is 2.14 bits per heavy atom. The summed E-state index contributed by atoms with van der Waals surface area (Å²) in [5.41, 5.74) is -1.62. The summed E-state index contributed by atoms with van der Waals surface area (Å²) in [7, 11) is -4.54. The van der Waals surface area contributed by atoms with E-state index in [0.717, 1.165) is 4.57 Å². The number of ether oxygens (including phenoxy) is 1. The summed E-state index contributed by atoms with van der Waals surface area (Å²) in [6.45, 7) is 1.47. The van der Waals surface area contributed by atoms with E-state index in [1.807, 2.05) is 0 Å². The predicted molar refractivity (Wildman–Crippen MR) is 68.8 cm³/mol. The molecule has 2 atom stereocenters. The predicted octanol–water partition coefficient (Wildman–Crippen LogP) is -1.84. The molecule has 11 heteroatoms. The van der Waals surface area contributed by atoms with E-state index in [1.165, 1.54) is 13.1 Å². The van der Waals surface area contributed by atoms with Crippen LogP contribution in [0.25, 0.3) is 0 Å². The molecule has 0 spiro atoms. The van der Waals surface area contributed by atoms with Crippen LogP contribution < -0.4 is 16.1 Å². The van der Waals surface area contributed by atoms with Gasteiger partial charge >= 0.3 is 13.3 Å². The fourth-order valence-corrected chi connectivity index (χ4v) is 2.17. The van der Waals surface area contributed by atoms with E-state index in [1.54, 1.807) is 0 Å². The highest BCUT2D eigenvalue weighted by Gasteiger charge is 2.27. The second kappa shape index (κ2) is 5.74. The molecule has 3 N–H and O–H groups in total. The molecule has 10 nitrogen and oxygen atoms in total. The van der Waals surface area contributed by atoms with E-state index in [0.29, 0.717) is 0 Å². The first-order valence-electron chi connectivity index (χ1n) is 6.01. The van der Waals surface area contributed by atoms with Crippen LogP contribution in [-0.2, 0) is 9.30 Å². The molecule has 21 heavy (non-hydrogen) atoms. The van der Waals surface area contributed by atoms with Gasteiger partial charge in [0, 0.05) is 18.2 Å². The summed E-state index contributed by atoms with van der Waals surface area (Å²) in [4.78, 5) is 46.1. The van der Waals surface area contributed by atoms with Gasteiger partial charge in [-0.25, -0.2) is 4.79 Å². The summed E-state index contributed by atoms with van der Waals surface area (Å²) in [5, 5.41) is 9.41. The number of hydrogen-bond acceptors (Lipinski definition) is 6.